The quantitative estimate of drug-likeness (QED) is 0.880. The molecule has 0 aliphatic carbocycles. The Kier molecular flexibility index (Phi) is 4.39. The minimum Gasteiger partial charge on any atom is -0.465 e. The molecule has 2 aromatic rings. The van der Waals surface area contributed by atoms with Gasteiger partial charge in [-0.2, -0.15) is 0 Å². The first-order valence-electron chi connectivity index (χ1n) is 7.48. The first kappa shape index (κ1) is 15.2. The van der Waals surface area contributed by atoms with Gasteiger partial charge in [-0.1, -0.05) is 42.5 Å². The van der Waals surface area contributed by atoms with E-state index in [-0.39, 0.29) is 17.9 Å². The van der Waals surface area contributed by atoms with Crippen LogP contribution in [0.1, 0.15) is 33.9 Å². The molecule has 5 heteroatoms. The van der Waals surface area contributed by atoms with Gasteiger partial charge in [0.2, 0.25) is 5.91 Å². The maximum absolute atomic E-state index is 11.6. The van der Waals surface area contributed by atoms with E-state index in [4.69, 9.17) is 4.74 Å². The second-order valence-corrected chi connectivity index (χ2v) is 5.41. The van der Waals surface area contributed by atoms with Crippen molar-refractivity contribution in [3.63, 3.8) is 0 Å². The zero-order valence-corrected chi connectivity index (χ0v) is 12.9. The standard InChI is InChI=1S/C18H18N2O3/c1-23-18(22)15-9-7-14(8-10-15)17(13-5-3-2-4-6-13)20-12-11-16(21)19-20/h2-10,17H,11-12H2,1H3,(H,19,21)/t17-/m1/s1. The molecule has 3 rings (SSSR count). The summed E-state index contributed by atoms with van der Waals surface area (Å²) in [5.41, 5.74) is 5.50. The molecule has 0 saturated carbocycles. The Morgan fingerprint density at radius 2 is 1.74 bits per heavy atom. The van der Waals surface area contributed by atoms with Crippen LogP contribution in [0.3, 0.4) is 0 Å². The lowest BCUT2D eigenvalue weighted by molar-refractivity contribution is -0.121. The molecule has 5 nitrogen and oxygen atoms in total. The van der Waals surface area contributed by atoms with Gasteiger partial charge in [-0.25, -0.2) is 9.80 Å². The Morgan fingerprint density at radius 1 is 1.09 bits per heavy atom. The summed E-state index contributed by atoms with van der Waals surface area (Å²) in [5.74, 6) is -0.334. The summed E-state index contributed by atoms with van der Waals surface area (Å²) in [6.07, 6.45) is 0.490. The van der Waals surface area contributed by atoms with Crippen molar-refractivity contribution in [1.29, 1.82) is 0 Å². The van der Waals surface area contributed by atoms with E-state index in [9.17, 15) is 9.59 Å². The first-order valence-corrected chi connectivity index (χ1v) is 7.48. The zero-order valence-electron chi connectivity index (χ0n) is 12.9. The second kappa shape index (κ2) is 6.62. The summed E-state index contributed by atoms with van der Waals surface area (Å²) < 4.78 is 4.73. The third-order valence-corrected chi connectivity index (χ3v) is 3.92. The van der Waals surface area contributed by atoms with E-state index in [1.165, 1.54) is 7.11 Å². The number of nitrogens with zero attached hydrogens (tertiary/aromatic N) is 1. The molecule has 1 heterocycles. The largest absolute Gasteiger partial charge is 0.465 e. The molecule has 0 aromatic heterocycles. The van der Waals surface area contributed by atoms with Crippen molar-refractivity contribution in [1.82, 2.24) is 10.4 Å². The van der Waals surface area contributed by atoms with Crippen LogP contribution >= 0.6 is 0 Å². The van der Waals surface area contributed by atoms with Crippen molar-refractivity contribution in [2.75, 3.05) is 13.7 Å². The van der Waals surface area contributed by atoms with Gasteiger partial charge in [0.15, 0.2) is 0 Å². The average Bonchev–Trinajstić information content (AvgIpc) is 3.02. The van der Waals surface area contributed by atoms with Crippen molar-refractivity contribution in [2.45, 2.75) is 12.5 Å². The van der Waals surface area contributed by atoms with Crippen molar-refractivity contribution in [2.24, 2.45) is 0 Å². The van der Waals surface area contributed by atoms with Crippen molar-refractivity contribution >= 4 is 11.9 Å². The predicted molar refractivity (Wildman–Crippen MR) is 85.5 cm³/mol. The summed E-state index contributed by atoms with van der Waals surface area (Å²) in [7, 11) is 1.36. The monoisotopic (exact) mass is 310 g/mol. The van der Waals surface area contributed by atoms with Gasteiger partial charge in [-0.3, -0.25) is 10.2 Å². The molecule has 0 bridgehead atoms. The molecule has 23 heavy (non-hydrogen) atoms. The van der Waals surface area contributed by atoms with Gasteiger partial charge in [0, 0.05) is 13.0 Å². The number of rotatable bonds is 4. The fourth-order valence-electron chi connectivity index (χ4n) is 2.79. The van der Waals surface area contributed by atoms with E-state index >= 15 is 0 Å². The number of ether oxygens (including phenoxy) is 1. The Labute approximate surface area is 134 Å². The summed E-state index contributed by atoms with van der Waals surface area (Å²) in [5, 5.41) is 1.94. The maximum Gasteiger partial charge on any atom is 0.337 e. The number of hydrogen-bond acceptors (Lipinski definition) is 4. The highest BCUT2D eigenvalue weighted by atomic mass is 16.5. The number of nitrogens with one attached hydrogen (secondary N) is 1. The normalized spacial score (nSPS) is 16.0. The molecule has 1 saturated heterocycles. The Bertz CT molecular complexity index is 698. The van der Waals surface area contributed by atoms with Crippen LogP contribution in [-0.2, 0) is 9.53 Å². The number of amides is 1. The van der Waals surface area contributed by atoms with Crippen LogP contribution in [0.2, 0.25) is 0 Å². The van der Waals surface area contributed by atoms with E-state index < -0.39 is 0 Å². The molecule has 118 valence electrons. The number of esters is 1. The highest BCUT2D eigenvalue weighted by Gasteiger charge is 2.28. The van der Waals surface area contributed by atoms with Gasteiger partial charge in [0.25, 0.3) is 0 Å². The molecule has 1 fully saturated rings. The first-order chi connectivity index (χ1) is 11.2. The van der Waals surface area contributed by atoms with Gasteiger partial charge in [0.1, 0.15) is 0 Å². The second-order valence-electron chi connectivity index (χ2n) is 5.41. The Hall–Kier alpha value is -2.66. The molecule has 0 spiro atoms. The summed E-state index contributed by atoms with van der Waals surface area (Å²) in [6.45, 7) is 0.650. The lowest BCUT2D eigenvalue weighted by Gasteiger charge is -2.28. The summed E-state index contributed by atoms with van der Waals surface area (Å²) in [4.78, 5) is 23.2. The molecule has 2 aromatic carbocycles. The summed E-state index contributed by atoms with van der Waals surface area (Å²) in [6, 6.07) is 17.2. The highest BCUT2D eigenvalue weighted by molar-refractivity contribution is 5.89. The number of benzene rings is 2. The van der Waals surface area contributed by atoms with E-state index in [0.29, 0.717) is 18.5 Å². The molecule has 0 radical (unpaired) electrons. The third kappa shape index (κ3) is 3.24. The topological polar surface area (TPSA) is 58.6 Å². The number of carbonyl (C=O) groups is 2. The summed E-state index contributed by atoms with van der Waals surface area (Å²) >= 11 is 0. The van der Waals surface area contributed by atoms with Crippen LogP contribution in [0.5, 0.6) is 0 Å². The minimum atomic E-state index is -0.359. The molecular formula is C18H18N2O3. The molecule has 1 aliphatic heterocycles. The van der Waals surface area contributed by atoms with Crippen LogP contribution in [-0.4, -0.2) is 30.5 Å². The number of hydrogen-bond donors (Lipinski definition) is 1. The molecule has 1 N–H and O–H groups in total. The lowest BCUT2D eigenvalue weighted by Crippen LogP contribution is -2.37. The predicted octanol–water partition coefficient (Wildman–Crippen LogP) is 2.30. The number of hydrazine groups is 1. The SMILES string of the molecule is COC(=O)c1ccc([C@@H](c2ccccc2)N2CCC(=O)N2)cc1. The molecule has 0 unspecified atom stereocenters. The molecule has 1 amide bonds. The van der Waals surface area contributed by atoms with Crippen molar-refractivity contribution < 1.29 is 14.3 Å². The molecular weight excluding hydrogens is 292 g/mol. The van der Waals surface area contributed by atoms with Crippen LogP contribution < -0.4 is 5.43 Å². The molecule has 1 aliphatic rings. The van der Waals surface area contributed by atoms with Crippen LogP contribution in [0.25, 0.3) is 0 Å². The fraction of sp³-hybridized carbons (Fsp3) is 0.222. The number of carbonyl (C=O) groups excluding carboxylic acids is 2. The van der Waals surface area contributed by atoms with Crippen molar-refractivity contribution in [3.8, 4) is 0 Å². The Balaban J connectivity index is 1.95. The van der Waals surface area contributed by atoms with Crippen LogP contribution in [0, 0.1) is 0 Å². The number of methoxy groups -OCH3 is 1. The lowest BCUT2D eigenvalue weighted by atomic mass is 9.97. The smallest absolute Gasteiger partial charge is 0.337 e. The van der Waals surface area contributed by atoms with Gasteiger partial charge < -0.3 is 4.74 Å². The van der Waals surface area contributed by atoms with Gasteiger partial charge in [-0.15, -0.1) is 0 Å². The van der Waals surface area contributed by atoms with Gasteiger partial charge in [0.05, 0.1) is 18.7 Å². The van der Waals surface area contributed by atoms with Crippen molar-refractivity contribution in [3.05, 3.63) is 71.3 Å². The van der Waals surface area contributed by atoms with E-state index in [0.717, 1.165) is 11.1 Å². The molecule has 1 atom stereocenters. The maximum atomic E-state index is 11.6. The van der Waals surface area contributed by atoms with Crippen LogP contribution in [0.15, 0.2) is 54.6 Å². The average molecular weight is 310 g/mol. The zero-order chi connectivity index (χ0) is 16.2. The third-order valence-electron chi connectivity index (χ3n) is 3.92. The van der Waals surface area contributed by atoms with Crippen LogP contribution in [0.4, 0.5) is 0 Å². The minimum absolute atomic E-state index is 0.0251. The highest BCUT2D eigenvalue weighted by Crippen LogP contribution is 2.29. The van der Waals surface area contributed by atoms with E-state index in [1.807, 2.05) is 47.5 Å². The van der Waals surface area contributed by atoms with Gasteiger partial charge >= 0.3 is 5.97 Å². The van der Waals surface area contributed by atoms with Gasteiger partial charge in [-0.05, 0) is 23.3 Å². The fourth-order valence-corrected chi connectivity index (χ4v) is 2.79. The van der Waals surface area contributed by atoms with E-state index in [2.05, 4.69) is 5.43 Å². The van der Waals surface area contributed by atoms with E-state index in [1.54, 1.807) is 12.1 Å². The Morgan fingerprint density at radius 3 is 2.30 bits per heavy atom.